The summed E-state index contributed by atoms with van der Waals surface area (Å²) in [5.74, 6) is -1.59. The molecule has 0 aliphatic carbocycles. The second kappa shape index (κ2) is 8.99. The summed E-state index contributed by atoms with van der Waals surface area (Å²) in [6.07, 6.45) is 1.92. The van der Waals surface area contributed by atoms with Gasteiger partial charge in [-0.1, -0.05) is 24.3 Å². The van der Waals surface area contributed by atoms with E-state index in [0.29, 0.717) is 5.69 Å². The molecule has 0 unspecified atom stereocenters. The number of amides is 2. The van der Waals surface area contributed by atoms with Crippen molar-refractivity contribution >= 4 is 24.0 Å². The number of aromatic carboxylic acids is 1. The molecule has 9 heteroatoms. The number of carbonyl (C=O) groups excluding carboxylic acids is 2. The van der Waals surface area contributed by atoms with Gasteiger partial charge in [0.2, 0.25) is 6.41 Å². The fourth-order valence-electron chi connectivity index (χ4n) is 2.53. The number of carbonyl (C=O) groups is 3. The average molecular weight is 381 g/mol. The summed E-state index contributed by atoms with van der Waals surface area (Å²) in [5.41, 5.74) is 12.7. The molecule has 1 aromatic heterocycles. The SMILES string of the molecule is CNc1cn(-c2cccc(-c3cccc(C(=O)O)c3)c2)nc1C(N)=O.NC=O. The van der Waals surface area contributed by atoms with Crippen LogP contribution in [0.2, 0.25) is 0 Å². The number of nitrogens with one attached hydrogen (secondary N) is 1. The van der Waals surface area contributed by atoms with E-state index in [-0.39, 0.29) is 17.7 Å². The van der Waals surface area contributed by atoms with Crippen LogP contribution in [0.25, 0.3) is 16.8 Å². The highest BCUT2D eigenvalue weighted by Crippen LogP contribution is 2.24. The number of aromatic nitrogens is 2. The van der Waals surface area contributed by atoms with E-state index in [4.69, 9.17) is 15.6 Å². The molecule has 0 radical (unpaired) electrons. The van der Waals surface area contributed by atoms with Crippen LogP contribution in [0.3, 0.4) is 0 Å². The number of anilines is 1. The molecular formula is C19H19N5O4. The molecule has 0 aliphatic heterocycles. The lowest BCUT2D eigenvalue weighted by molar-refractivity contribution is -0.106. The maximum atomic E-state index is 11.5. The maximum Gasteiger partial charge on any atom is 0.335 e. The van der Waals surface area contributed by atoms with Gasteiger partial charge in [0.1, 0.15) is 0 Å². The van der Waals surface area contributed by atoms with E-state index in [1.807, 2.05) is 30.3 Å². The van der Waals surface area contributed by atoms with Crippen LogP contribution in [0.4, 0.5) is 5.69 Å². The van der Waals surface area contributed by atoms with Crippen molar-refractivity contribution in [1.82, 2.24) is 9.78 Å². The third kappa shape index (κ3) is 4.52. The van der Waals surface area contributed by atoms with Crippen LogP contribution >= 0.6 is 0 Å². The summed E-state index contributed by atoms with van der Waals surface area (Å²) in [7, 11) is 1.68. The van der Waals surface area contributed by atoms with Gasteiger partial charge in [-0.3, -0.25) is 9.59 Å². The minimum atomic E-state index is -0.977. The monoisotopic (exact) mass is 381 g/mol. The normalized spacial score (nSPS) is 9.75. The Morgan fingerprint density at radius 3 is 2.29 bits per heavy atom. The first-order valence-corrected chi connectivity index (χ1v) is 8.08. The summed E-state index contributed by atoms with van der Waals surface area (Å²) in [6, 6.07) is 14.1. The quantitative estimate of drug-likeness (QED) is 0.491. The smallest absolute Gasteiger partial charge is 0.335 e. The summed E-state index contributed by atoms with van der Waals surface area (Å²) in [4.78, 5) is 31.2. The van der Waals surface area contributed by atoms with Gasteiger partial charge in [0.05, 0.1) is 23.1 Å². The van der Waals surface area contributed by atoms with Crippen molar-refractivity contribution in [3.05, 3.63) is 66.0 Å². The molecule has 6 N–H and O–H groups in total. The van der Waals surface area contributed by atoms with Crippen LogP contribution in [0.1, 0.15) is 20.8 Å². The van der Waals surface area contributed by atoms with Gasteiger partial charge in [-0.25, -0.2) is 9.48 Å². The van der Waals surface area contributed by atoms with Crippen LogP contribution in [0.5, 0.6) is 0 Å². The van der Waals surface area contributed by atoms with E-state index in [1.54, 1.807) is 36.1 Å². The van der Waals surface area contributed by atoms with E-state index in [9.17, 15) is 9.59 Å². The topological polar surface area (TPSA) is 153 Å². The third-order valence-corrected chi connectivity index (χ3v) is 3.77. The molecule has 144 valence electrons. The van der Waals surface area contributed by atoms with Crippen molar-refractivity contribution < 1.29 is 19.5 Å². The Hall–Kier alpha value is -4.14. The van der Waals surface area contributed by atoms with Crippen LogP contribution in [0, 0.1) is 0 Å². The van der Waals surface area contributed by atoms with Crippen LogP contribution < -0.4 is 16.8 Å². The van der Waals surface area contributed by atoms with Gasteiger partial charge in [-0.05, 0) is 35.4 Å². The largest absolute Gasteiger partial charge is 0.478 e. The van der Waals surface area contributed by atoms with Crippen molar-refractivity contribution in [2.75, 3.05) is 12.4 Å². The first-order chi connectivity index (χ1) is 13.4. The van der Waals surface area contributed by atoms with E-state index >= 15 is 0 Å². The predicted octanol–water partition coefficient (Wildman–Crippen LogP) is 1.48. The number of hydrogen-bond donors (Lipinski definition) is 4. The fraction of sp³-hybridized carbons (Fsp3) is 0.0526. The number of nitrogens with two attached hydrogens (primary N) is 2. The van der Waals surface area contributed by atoms with Gasteiger partial charge in [0.25, 0.3) is 5.91 Å². The average Bonchev–Trinajstić information content (AvgIpc) is 3.14. The highest BCUT2D eigenvalue weighted by Gasteiger charge is 2.14. The molecule has 0 fully saturated rings. The van der Waals surface area contributed by atoms with Crippen molar-refractivity contribution in [3.63, 3.8) is 0 Å². The van der Waals surface area contributed by atoms with Gasteiger partial charge in [0.15, 0.2) is 5.69 Å². The summed E-state index contributed by atoms with van der Waals surface area (Å²) in [5, 5.41) is 16.2. The first-order valence-electron chi connectivity index (χ1n) is 8.08. The molecule has 3 rings (SSSR count). The van der Waals surface area contributed by atoms with Crippen LogP contribution in [-0.2, 0) is 4.79 Å². The van der Waals surface area contributed by atoms with Crippen molar-refractivity contribution in [2.45, 2.75) is 0 Å². The van der Waals surface area contributed by atoms with Gasteiger partial charge >= 0.3 is 5.97 Å². The Labute approximate surface area is 160 Å². The second-order valence-corrected chi connectivity index (χ2v) is 5.52. The molecule has 0 saturated heterocycles. The van der Waals surface area contributed by atoms with Gasteiger partial charge in [-0.2, -0.15) is 5.10 Å². The van der Waals surface area contributed by atoms with E-state index in [2.05, 4.69) is 16.1 Å². The second-order valence-electron chi connectivity index (χ2n) is 5.52. The maximum absolute atomic E-state index is 11.5. The molecule has 0 aliphatic rings. The lowest BCUT2D eigenvalue weighted by Gasteiger charge is -2.06. The Morgan fingerprint density at radius 2 is 1.75 bits per heavy atom. The van der Waals surface area contributed by atoms with Gasteiger partial charge < -0.3 is 21.9 Å². The van der Waals surface area contributed by atoms with E-state index in [1.165, 1.54) is 0 Å². The van der Waals surface area contributed by atoms with Gasteiger partial charge in [0, 0.05) is 7.05 Å². The molecule has 0 bridgehead atoms. The summed E-state index contributed by atoms with van der Waals surface area (Å²) in [6.45, 7) is 0. The Kier molecular flexibility index (Phi) is 6.48. The molecule has 2 amide bonds. The number of carboxylic acid groups (broad SMARTS) is 1. The zero-order valence-electron chi connectivity index (χ0n) is 15.0. The molecule has 0 spiro atoms. The highest BCUT2D eigenvalue weighted by atomic mass is 16.4. The number of hydrogen-bond acceptors (Lipinski definition) is 5. The minimum Gasteiger partial charge on any atom is -0.478 e. The van der Waals surface area contributed by atoms with Crippen LogP contribution in [-0.4, -0.2) is 40.2 Å². The lowest BCUT2D eigenvalue weighted by atomic mass is 10.0. The van der Waals surface area contributed by atoms with Crippen molar-refractivity contribution in [2.24, 2.45) is 11.5 Å². The number of carboxylic acids is 1. The zero-order chi connectivity index (χ0) is 20.7. The number of nitrogens with zero attached hydrogens (tertiary/aromatic N) is 2. The first kappa shape index (κ1) is 20.2. The number of primary amides is 2. The molecule has 0 atom stereocenters. The minimum absolute atomic E-state index is 0.153. The summed E-state index contributed by atoms with van der Waals surface area (Å²) < 4.78 is 1.55. The van der Waals surface area contributed by atoms with Crippen molar-refractivity contribution in [1.29, 1.82) is 0 Å². The highest BCUT2D eigenvalue weighted by molar-refractivity contribution is 5.96. The van der Waals surface area contributed by atoms with Crippen molar-refractivity contribution in [3.8, 4) is 16.8 Å². The molecule has 28 heavy (non-hydrogen) atoms. The number of rotatable bonds is 5. The standard InChI is InChI=1S/C18H16N4O3.CH3NO/c1-20-15-10-22(21-16(15)17(19)23)14-7-3-5-12(9-14)11-4-2-6-13(8-11)18(24)25;2-1-3/h2-10,20H,1H3,(H2,19,23)(H,24,25);1H,(H2,2,3). The Balaban J connectivity index is 0.000000878. The molecular weight excluding hydrogens is 362 g/mol. The predicted molar refractivity (Wildman–Crippen MR) is 104 cm³/mol. The third-order valence-electron chi connectivity index (χ3n) is 3.77. The zero-order valence-corrected chi connectivity index (χ0v) is 15.0. The molecule has 0 saturated carbocycles. The number of benzene rings is 2. The van der Waals surface area contributed by atoms with Gasteiger partial charge in [-0.15, -0.1) is 0 Å². The lowest BCUT2D eigenvalue weighted by Crippen LogP contribution is -2.14. The Bertz CT molecular complexity index is 1010. The summed E-state index contributed by atoms with van der Waals surface area (Å²) >= 11 is 0. The van der Waals surface area contributed by atoms with E-state index < -0.39 is 11.9 Å². The molecule has 9 nitrogen and oxygen atoms in total. The molecule has 1 heterocycles. The van der Waals surface area contributed by atoms with Crippen LogP contribution in [0.15, 0.2) is 54.7 Å². The Morgan fingerprint density at radius 1 is 1.14 bits per heavy atom. The molecule has 3 aromatic rings. The van der Waals surface area contributed by atoms with E-state index in [0.717, 1.165) is 16.8 Å². The molecule has 2 aromatic carbocycles. The fourth-order valence-corrected chi connectivity index (χ4v) is 2.53.